The minimum atomic E-state index is -4.04. The molecule has 0 aliphatic rings. The van der Waals surface area contributed by atoms with E-state index in [1.165, 1.54) is 27.3 Å². The second kappa shape index (κ2) is 11.2. The van der Waals surface area contributed by atoms with Crippen LogP contribution in [0.3, 0.4) is 0 Å². The Labute approximate surface area is 220 Å². The lowest BCUT2D eigenvalue weighted by atomic mass is 10.1. The summed E-state index contributed by atoms with van der Waals surface area (Å²) >= 11 is 0. The van der Waals surface area contributed by atoms with Gasteiger partial charge in [0.05, 0.1) is 36.9 Å². The van der Waals surface area contributed by atoms with Crippen LogP contribution in [0, 0.1) is 13.8 Å². The molecule has 0 radical (unpaired) electrons. The molecule has 0 aromatic carbocycles. The van der Waals surface area contributed by atoms with Crippen LogP contribution in [0.15, 0.2) is 35.1 Å². The summed E-state index contributed by atoms with van der Waals surface area (Å²) < 4.78 is 47.5. The summed E-state index contributed by atoms with van der Waals surface area (Å²) in [6.07, 6.45) is 2.83. The zero-order chi connectivity index (χ0) is 27.4. The number of aromatic nitrogens is 7. The number of hydrogen-bond donors (Lipinski definition) is 1. The molecule has 4 aromatic heterocycles. The van der Waals surface area contributed by atoms with Crippen LogP contribution >= 0.6 is 0 Å². The molecular formula is C24H30N8O5S. The van der Waals surface area contributed by atoms with Gasteiger partial charge in [-0.3, -0.25) is 19.3 Å². The van der Waals surface area contributed by atoms with Crippen LogP contribution in [0.2, 0.25) is 0 Å². The smallest absolute Gasteiger partial charge is 0.240 e. The van der Waals surface area contributed by atoms with Crippen LogP contribution in [0.4, 0.5) is 5.95 Å². The number of sulfonamides is 1. The monoisotopic (exact) mass is 542 g/mol. The van der Waals surface area contributed by atoms with Crippen LogP contribution in [-0.4, -0.2) is 62.8 Å². The molecule has 0 saturated heterocycles. The Morgan fingerprint density at radius 3 is 2.58 bits per heavy atom. The number of methoxy groups -OCH3 is 2. The molecule has 4 rings (SSSR count). The summed E-state index contributed by atoms with van der Waals surface area (Å²) in [5.41, 5.74) is 3.10. The van der Waals surface area contributed by atoms with Crippen molar-refractivity contribution in [1.29, 1.82) is 0 Å². The Morgan fingerprint density at radius 1 is 1.13 bits per heavy atom. The van der Waals surface area contributed by atoms with Crippen molar-refractivity contribution in [3.63, 3.8) is 0 Å². The van der Waals surface area contributed by atoms with Crippen molar-refractivity contribution in [3.8, 4) is 17.4 Å². The van der Waals surface area contributed by atoms with E-state index in [0.717, 1.165) is 11.3 Å². The van der Waals surface area contributed by atoms with E-state index in [-0.39, 0.29) is 12.5 Å². The topological polar surface area (TPSA) is 160 Å². The first-order chi connectivity index (χ1) is 18.2. The Hall–Kier alpha value is -3.91. The summed E-state index contributed by atoms with van der Waals surface area (Å²) in [5.74, 6) is 1.33. The third-order valence-corrected chi connectivity index (χ3v) is 7.82. The third kappa shape index (κ3) is 5.50. The van der Waals surface area contributed by atoms with E-state index in [1.807, 2.05) is 6.92 Å². The number of aryl methyl sites for hydroxylation is 3. The molecule has 0 saturated carbocycles. The fraction of sp³-hybridized carbons (Fsp3) is 0.417. The van der Waals surface area contributed by atoms with Crippen molar-refractivity contribution in [2.75, 3.05) is 18.9 Å². The lowest BCUT2D eigenvalue weighted by Crippen LogP contribution is -2.33. The SMILES string of the molecule is CCc1noc(C)c1Cn1c(NS(=O)(=O)C(C)C(OC)c2cnc(C)cn2)nnc1-c1cccc(OC)n1. The molecule has 202 valence electrons. The summed E-state index contributed by atoms with van der Waals surface area (Å²) in [6, 6.07) is 5.20. The zero-order valence-electron chi connectivity index (χ0n) is 22.0. The van der Waals surface area contributed by atoms with Gasteiger partial charge in [0, 0.05) is 24.9 Å². The zero-order valence-corrected chi connectivity index (χ0v) is 22.9. The molecule has 2 atom stereocenters. The van der Waals surface area contributed by atoms with Gasteiger partial charge < -0.3 is 14.0 Å². The van der Waals surface area contributed by atoms with E-state index in [4.69, 9.17) is 14.0 Å². The Balaban J connectivity index is 1.74. The molecule has 0 bridgehead atoms. The van der Waals surface area contributed by atoms with Crippen molar-refractivity contribution < 1.29 is 22.4 Å². The average Bonchev–Trinajstić information content (AvgIpc) is 3.47. The average molecular weight is 543 g/mol. The van der Waals surface area contributed by atoms with Gasteiger partial charge in [-0.2, -0.15) is 0 Å². The van der Waals surface area contributed by atoms with Crippen LogP contribution in [0.5, 0.6) is 5.88 Å². The molecule has 0 fully saturated rings. The molecule has 1 N–H and O–H groups in total. The first-order valence-corrected chi connectivity index (χ1v) is 13.4. The molecular weight excluding hydrogens is 512 g/mol. The number of hydrogen-bond acceptors (Lipinski definition) is 11. The van der Waals surface area contributed by atoms with Gasteiger partial charge in [-0.25, -0.2) is 13.4 Å². The van der Waals surface area contributed by atoms with E-state index in [1.54, 1.807) is 42.8 Å². The van der Waals surface area contributed by atoms with E-state index in [0.29, 0.717) is 41.0 Å². The normalized spacial score (nSPS) is 13.3. The minimum Gasteiger partial charge on any atom is -0.481 e. The highest BCUT2D eigenvalue weighted by Crippen LogP contribution is 2.28. The van der Waals surface area contributed by atoms with Crippen molar-refractivity contribution in [1.82, 2.24) is 34.9 Å². The van der Waals surface area contributed by atoms with Gasteiger partial charge in [0.2, 0.25) is 21.9 Å². The maximum atomic E-state index is 13.5. The standard InChI is InChI=1S/C24H30N8O5S/c1-7-18-17(15(3)37-30-18)13-32-23(19-9-8-10-21(27-19)35-5)28-29-24(32)31-38(33,34)16(4)22(36-6)20-12-25-14(2)11-26-20/h8-12,16,22H,7,13H2,1-6H3,(H,29,31). The number of pyridine rings is 1. The van der Waals surface area contributed by atoms with Gasteiger partial charge in [0.1, 0.15) is 22.8 Å². The highest BCUT2D eigenvalue weighted by molar-refractivity contribution is 7.93. The van der Waals surface area contributed by atoms with Gasteiger partial charge in [0.15, 0.2) is 5.82 Å². The first-order valence-electron chi connectivity index (χ1n) is 11.9. The molecule has 0 aliphatic carbocycles. The Bertz CT molecular complexity index is 1500. The molecule has 4 aromatic rings. The van der Waals surface area contributed by atoms with Crippen molar-refractivity contribution >= 4 is 16.0 Å². The van der Waals surface area contributed by atoms with Gasteiger partial charge in [-0.05, 0) is 33.3 Å². The summed E-state index contributed by atoms with van der Waals surface area (Å²) in [4.78, 5) is 13.0. The first kappa shape index (κ1) is 27.1. The van der Waals surface area contributed by atoms with Gasteiger partial charge in [-0.1, -0.05) is 18.1 Å². The van der Waals surface area contributed by atoms with E-state index in [2.05, 4.69) is 35.0 Å². The number of nitrogens with one attached hydrogen (secondary N) is 1. The van der Waals surface area contributed by atoms with Gasteiger partial charge in [-0.15, -0.1) is 10.2 Å². The summed E-state index contributed by atoms with van der Waals surface area (Å²) in [6.45, 7) is 7.28. The Morgan fingerprint density at radius 2 is 1.92 bits per heavy atom. The molecule has 2 unspecified atom stereocenters. The predicted molar refractivity (Wildman–Crippen MR) is 138 cm³/mol. The van der Waals surface area contributed by atoms with Gasteiger partial charge in [0.25, 0.3) is 0 Å². The number of ether oxygens (including phenoxy) is 2. The Kier molecular flexibility index (Phi) is 8.02. The lowest BCUT2D eigenvalue weighted by Gasteiger charge is -2.22. The van der Waals surface area contributed by atoms with Crippen molar-refractivity contribution in [3.05, 3.63) is 59.0 Å². The van der Waals surface area contributed by atoms with E-state index in [9.17, 15) is 8.42 Å². The number of anilines is 1. The molecule has 0 aliphatic heterocycles. The van der Waals surface area contributed by atoms with Crippen molar-refractivity contribution in [2.24, 2.45) is 0 Å². The summed E-state index contributed by atoms with van der Waals surface area (Å²) in [7, 11) is -1.11. The quantitative estimate of drug-likeness (QED) is 0.297. The molecule has 4 heterocycles. The van der Waals surface area contributed by atoms with E-state index >= 15 is 0 Å². The maximum Gasteiger partial charge on any atom is 0.240 e. The molecule has 0 spiro atoms. The lowest BCUT2D eigenvalue weighted by molar-refractivity contribution is 0.0985. The number of nitrogens with zero attached hydrogens (tertiary/aromatic N) is 7. The number of rotatable bonds is 11. The second-order valence-electron chi connectivity index (χ2n) is 8.61. The fourth-order valence-electron chi connectivity index (χ4n) is 3.93. The predicted octanol–water partition coefficient (Wildman–Crippen LogP) is 2.87. The molecule has 13 nitrogen and oxygen atoms in total. The second-order valence-corrected chi connectivity index (χ2v) is 10.6. The highest BCUT2D eigenvalue weighted by Gasteiger charge is 2.34. The van der Waals surface area contributed by atoms with Crippen LogP contribution in [-0.2, 0) is 27.7 Å². The van der Waals surface area contributed by atoms with Crippen LogP contribution in [0.1, 0.15) is 48.4 Å². The van der Waals surface area contributed by atoms with E-state index < -0.39 is 21.4 Å². The summed E-state index contributed by atoms with van der Waals surface area (Å²) in [5, 5.41) is 11.5. The van der Waals surface area contributed by atoms with Crippen molar-refractivity contribution in [2.45, 2.75) is 52.0 Å². The molecule has 0 amide bonds. The minimum absolute atomic E-state index is 0.00367. The fourth-order valence-corrected chi connectivity index (χ4v) is 5.10. The maximum absolute atomic E-state index is 13.5. The molecule has 14 heteroatoms. The van der Waals surface area contributed by atoms with Crippen LogP contribution in [0.25, 0.3) is 11.5 Å². The highest BCUT2D eigenvalue weighted by atomic mass is 32.2. The third-order valence-electron chi connectivity index (χ3n) is 6.13. The van der Waals surface area contributed by atoms with Crippen LogP contribution < -0.4 is 9.46 Å². The largest absolute Gasteiger partial charge is 0.481 e. The van der Waals surface area contributed by atoms with Gasteiger partial charge >= 0.3 is 0 Å². The molecule has 38 heavy (non-hydrogen) atoms.